The van der Waals surface area contributed by atoms with Crippen LogP contribution < -0.4 is 5.73 Å². The van der Waals surface area contributed by atoms with Gasteiger partial charge in [0.05, 0.1) is 31.7 Å². The van der Waals surface area contributed by atoms with Crippen LogP contribution in [0.2, 0.25) is 0 Å². The maximum Gasteiger partial charge on any atom is 0.410 e. The summed E-state index contributed by atoms with van der Waals surface area (Å²) in [5.41, 5.74) is 4.81. The van der Waals surface area contributed by atoms with Gasteiger partial charge in [-0.25, -0.2) is 4.79 Å². The highest BCUT2D eigenvalue weighted by atomic mass is 16.6. The summed E-state index contributed by atoms with van der Waals surface area (Å²) in [5, 5.41) is 0. The smallest absolute Gasteiger partial charge is 0.410 e. The number of hydrogen-bond donors (Lipinski definition) is 1. The van der Waals surface area contributed by atoms with Gasteiger partial charge in [-0.2, -0.15) is 0 Å². The van der Waals surface area contributed by atoms with Gasteiger partial charge in [0.15, 0.2) is 0 Å². The largest absolute Gasteiger partial charge is 0.444 e. The molecule has 11 heteroatoms. The molecule has 11 nitrogen and oxygen atoms in total. The highest BCUT2D eigenvalue weighted by Gasteiger charge is 2.57. The third-order valence-electron chi connectivity index (χ3n) is 10.0. The maximum atomic E-state index is 12.6. The Morgan fingerprint density at radius 1 is 0.956 bits per heavy atom. The van der Waals surface area contributed by atoms with Crippen molar-refractivity contribution in [3.05, 3.63) is 0 Å². The molecule has 3 atom stereocenters. The van der Waals surface area contributed by atoms with Crippen molar-refractivity contribution < 1.29 is 34.8 Å². The normalized spacial score (nSPS) is 26.7. The molecule has 45 heavy (non-hydrogen) atoms. The van der Waals surface area contributed by atoms with Crippen LogP contribution >= 0.6 is 0 Å². The van der Waals surface area contributed by atoms with Crippen LogP contribution in [0.4, 0.5) is 4.79 Å². The zero-order valence-corrected chi connectivity index (χ0v) is 28.6. The van der Waals surface area contributed by atoms with Crippen LogP contribution in [-0.2, 0) is 28.6 Å². The number of amides is 4. The molecule has 2 saturated carbocycles. The number of carbonyl (C=O) groups excluding carboxylic acids is 4. The average Bonchev–Trinajstić information content (AvgIpc) is 3.62. The van der Waals surface area contributed by atoms with Gasteiger partial charge in [0.25, 0.3) is 0 Å². The van der Waals surface area contributed by atoms with Crippen molar-refractivity contribution in [3.63, 3.8) is 0 Å². The first-order chi connectivity index (χ1) is 21.1. The Labute approximate surface area is 271 Å². The lowest BCUT2D eigenvalue weighted by atomic mass is 9.69. The highest BCUT2D eigenvalue weighted by Crippen LogP contribution is 2.54. The van der Waals surface area contributed by atoms with Crippen molar-refractivity contribution in [2.75, 3.05) is 59.1 Å². The molecule has 0 radical (unpaired) electrons. The molecule has 0 aromatic heterocycles. The molecule has 2 aliphatic carbocycles. The molecule has 5 rings (SSSR count). The number of nitrogens with two attached hydrogens (primary N) is 1. The Bertz CT molecular complexity index is 1060. The zero-order chi connectivity index (χ0) is 33.0. The predicted molar refractivity (Wildman–Crippen MR) is 172 cm³/mol. The molecule has 1 spiro atoms. The second-order valence-corrected chi connectivity index (χ2v) is 15.9. The number of hydrogen-bond acceptors (Lipinski definition) is 7. The number of primary amides is 1. The topological polar surface area (TPSA) is 132 Å². The molecular formula is C34H60N4O7. The average molecular weight is 637 g/mol. The minimum absolute atomic E-state index is 0. The molecule has 5 aliphatic rings. The second kappa shape index (κ2) is 14.6. The van der Waals surface area contributed by atoms with Crippen LogP contribution in [0.15, 0.2) is 0 Å². The van der Waals surface area contributed by atoms with E-state index in [1.807, 2.05) is 37.5 Å². The number of likely N-dealkylation sites (tertiary alicyclic amines) is 2. The van der Waals surface area contributed by atoms with Gasteiger partial charge in [0.2, 0.25) is 17.7 Å². The molecule has 0 bridgehead atoms. The van der Waals surface area contributed by atoms with E-state index in [0.717, 1.165) is 32.0 Å². The van der Waals surface area contributed by atoms with Crippen molar-refractivity contribution in [2.45, 2.75) is 105 Å². The lowest BCUT2D eigenvalue weighted by Gasteiger charge is -2.55. The fourth-order valence-corrected chi connectivity index (χ4v) is 7.20. The van der Waals surface area contributed by atoms with Gasteiger partial charge in [0.1, 0.15) is 5.60 Å². The summed E-state index contributed by atoms with van der Waals surface area (Å²) in [6.07, 6.45) is 8.34. The number of nitrogens with zero attached hydrogens (tertiary/aromatic N) is 3. The van der Waals surface area contributed by atoms with Crippen LogP contribution in [-0.4, -0.2) is 109 Å². The van der Waals surface area contributed by atoms with Gasteiger partial charge in [-0.05, 0) is 64.7 Å². The minimum Gasteiger partial charge on any atom is -0.444 e. The molecular weight excluding hydrogens is 576 g/mol. The van der Waals surface area contributed by atoms with Crippen molar-refractivity contribution in [1.29, 1.82) is 0 Å². The van der Waals surface area contributed by atoms with Gasteiger partial charge in [-0.3, -0.25) is 14.4 Å². The van der Waals surface area contributed by atoms with Crippen LogP contribution in [0.5, 0.6) is 0 Å². The van der Waals surface area contributed by atoms with Crippen molar-refractivity contribution in [2.24, 2.45) is 34.3 Å². The van der Waals surface area contributed by atoms with Crippen molar-refractivity contribution in [3.8, 4) is 0 Å². The van der Waals surface area contributed by atoms with E-state index < -0.39 is 23.5 Å². The van der Waals surface area contributed by atoms with Crippen LogP contribution in [0.3, 0.4) is 0 Å². The van der Waals surface area contributed by atoms with E-state index in [9.17, 15) is 19.2 Å². The molecule has 3 heterocycles. The molecule has 0 aromatic rings. The zero-order valence-electron chi connectivity index (χ0n) is 28.6. The fraction of sp³-hybridized carbons (Fsp3) is 0.882. The molecule has 4 amide bonds. The fourth-order valence-electron chi connectivity index (χ4n) is 7.20. The highest BCUT2D eigenvalue weighted by molar-refractivity contribution is 5.84. The first-order valence-electron chi connectivity index (χ1n) is 17.1. The van der Waals surface area contributed by atoms with Gasteiger partial charge >= 0.3 is 6.09 Å². The van der Waals surface area contributed by atoms with E-state index >= 15 is 0 Å². The minimum atomic E-state index is -0.594. The van der Waals surface area contributed by atoms with E-state index in [2.05, 4.69) is 13.8 Å². The molecule has 0 unspecified atom stereocenters. The van der Waals surface area contributed by atoms with E-state index in [1.165, 1.54) is 32.1 Å². The standard InChI is InChI=1S/C19H31N3O4.C15H27NO3.H2/c1-17(2,3)26-16(25)21-8-12(14(20)23)6-19(9-21)10-22(11-19)15(24)13-7-18(13,4)5;1-13(19-12-14-5-3-2-4-6-14)11-15(17)16-7-9-18-10-8-16;/h12-13H,6-11H2,1-5H3,(H2,20,23);13-14H,2-12H2,1H3;1H/t12-,13+;13-;/m01./s1. The van der Waals surface area contributed by atoms with Crippen LogP contribution in [0.1, 0.15) is 94.3 Å². The Kier molecular flexibility index (Phi) is 11.5. The quantitative estimate of drug-likeness (QED) is 0.446. The summed E-state index contributed by atoms with van der Waals surface area (Å²) >= 11 is 0. The first kappa shape index (κ1) is 35.5. The maximum absolute atomic E-state index is 12.6. The molecule has 3 aliphatic heterocycles. The second-order valence-electron chi connectivity index (χ2n) is 15.9. The Hall–Kier alpha value is -2.40. The van der Waals surface area contributed by atoms with Gasteiger partial charge in [-0.15, -0.1) is 0 Å². The number of ether oxygens (including phenoxy) is 3. The number of carbonyl (C=O) groups is 4. The Morgan fingerprint density at radius 2 is 1.56 bits per heavy atom. The monoisotopic (exact) mass is 636 g/mol. The summed E-state index contributed by atoms with van der Waals surface area (Å²) in [7, 11) is 0. The number of piperidine rings is 1. The summed E-state index contributed by atoms with van der Waals surface area (Å²) in [6, 6.07) is 0. The predicted octanol–water partition coefficient (Wildman–Crippen LogP) is 4.07. The first-order valence-corrected chi connectivity index (χ1v) is 17.1. The third-order valence-corrected chi connectivity index (χ3v) is 10.0. The number of morpholine rings is 1. The van der Waals surface area contributed by atoms with E-state index in [4.69, 9.17) is 19.9 Å². The van der Waals surface area contributed by atoms with Gasteiger partial charge < -0.3 is 34.6 Å². The van der Waals surface area contributed by atoms with Crippen molar-refractivity contribution in [1.82, 2.24) is 14.7 Å². The Morgan fingerprint density at radius 3 is 2.11 bits per heavy atom. The van der Waals surface area contributed by atoms with Gasteiger partial charge in [-0.1, -0.05) is 33.1 Å². The lowest BCUT2D eigenvalue weighted by Crippen LogP contribution is -2.67. The molecule has 2 N–H and O–H groups in total. The molecule has 258 valence electrons. The van der Waals surface area contributed by atoms with E-state index in [1.54, 1.807) is 4.90 Å². The Balaban J connectivity index is 0.000000257. The summed E-state index contributed by atoms with van der Waals surface area (Å²) in [4.78, 5) is 54.3. The summed E-state index contributed by atoms with van der Waals surface area (Å²) in [6.45, 7) is 17.3. The SMILES string of the molecule is CC(C)(C)OC(=O)N1C[C@@H](C(N)=O)CC2(C1)CN(C(=O)[C@H]1CC1(C)C)C2.C[C@H](CC(=O)N1CCOCC1)OCC1CCCCC1.[HH]. The third kappa shape index (κ3) is 10.0. The summed E-state index contributed by atoms with van der Waals surface area (Å²) < 4.78 is 16.6. The van der Waals surface area contributed by atoms with E-state index in [-0.39, 0.29) is 42.6 Å². The lowest BCUT2D eigenvalue weighted by molar-refractivity contribution is -0.152. The molecule has 0 aromatic carbocycles. The molecule has 3 saturated heterocycles. The summed E-state index contributed by atoms with van der Waals surface area (Å²) in [5.74, 6) is 0.439. The van der Waals surface area contributed by atoms with Crippen LogP contribution in [0.25, 0.3) is 0 Å². The van der Waals surface area contributed by atoms with Crippen molar-refractivity contribution >= 4 is 23.8 Å². The van der Waals surface area contributed by atoms with Gasteiger partial charge in [0, 0.05) is 58.6 Å². The number of rotatable bonds is 7. The van der Waals surface area contributed by atoms with Crippen LogP contribution in [0, 0.1) is 28.6 Å². The van der Waals surface area contributed by atoms with E-state index in [0.29, 0.717) is 45.7 Å². The molecule has 5 fully saturated rings.